The molecule has 1 aromatic rings. The van der Waals surface area contributed by atoms with Crippen molar-refractivity contribution in [1.29, 1.82) is 0 Å². The van der Waals surface area contributed by atoms with Gasteiger partial charge in [0.2, 0.25) is 0 Å². The zero-order chi connectivity index (χ0) is 14.1. The Morgan fingerprint density at radius 2 is 1.95 bits per heavy atom. The fourth-order valence-corrected chi connectivity index (χ4v) is 3.23. The minimum absolute atomic E-state index is 0.203. The van der Waals surface area contributed by atoms with Crippen LogP contribution in [0.15, 0.2) is 24.3 Å². The molecule has 0 radical (unpaired) electrons. The van der Waals surface area contributed by atoms with Crippen LogP contribution in [0.3, 0.4) is 0 Å². The maximum absolute atomic E-state index is 3.73. The maximum atomic E-state index is 3.73. The number of nitrogens with one attached hydrogen (secondary N) is 1. The van der Waals surface area contributed by atoms with E-state index >= 15 is 0 Å². The molecule has 0 amide bonds. The van der Waals surface area contributed by atoms with E-state index in [0.29, 0.717) is 5.41 Å². The number of benzene rings is 1. The fraction of sp³-hybridized carbons (Fsp3) is 0.667. The van der Waals surface area contributed by atoms with E-state index in [0.717, 1.165) is 12.5 Å². The molecule has 0 atom stereocenters. The molecule has 0 heterocycles. The van der Waals surface area contributed by atoms with Crippen LogP contribution in [0, 0.1) is 12.8 Å². The summed E-state index contributed by atoms with van der Waals surface area (Å²) in [5, 5.41) is 3.73. The Balaban J connectivity index is 2.17. The van der Waals surface area contributed by atoms with Crippen LogP contribution in [0.25, 0.3) is 0 Å². The van der Waals surface area contributed by atoms with Gasteiger partial charge in [0.25, 0.3) is 0 Å². The summed E-state index contributed by atoms with van der Waals surface area (Å²) in [6.45, 7) is 12.4. The minimum Gasteiger partial charge on any atom is -0.311 e. The van der Waals surface area contributed by atoms with E-state index in [1.165, 1.54) is 30.4 Å². The van der Waals surface area contributed by atoms with Gasteiger partial charge >= 0.3 is 0 Å². The maximum Gasteiger partial charge on any atom is 0.00968 e. The van der Waals surface area contributed by atoms with E-state index in [1.54, 1.807) is 0 Å². The van der Waals surface area contributed by atoms with E-state index in [4.69, 9.17) is 0 Å². The molecule has 0 spiro atoms. The van der Waals surface area contributed by atoms with Crippen LogP contribution in [0.4, 0.5) is 0 Å². The lowest BCUT2D eigenvalue weighted by Gasteiger charge is -2.49. The predicted molar refractivity (Wildman–Crippen MR) is 83.6 cm³/mol. The Kier molecular flexibility index (Phi) is 4.06. The van der Waals surface area contributed by atoms with Gasteiger partial charge in [-0.2, -0.15) is 0 Å². The molecule has 1 aliphatic carbocycles. The summed E-state index contributed by atoms with van der Waals surface area (Å²) in [6.07, 6.45) is 4.01. The monoisotopic (exact) mass is 259 g/mol. The van der Waals surface area contributed by atoms with Crippen molar-refractivity contribution in [2.75, 3.05) is 6.54 Å². The van der Waals surface area contributed by atoms with E-state index in [1.807, 2.05) is 0 Å². The van der Waals surface area contributed by atoms with E-state index in [9.17, 15) is 0 Å². The molecule has 1 nitrogen and oxygen atoms in total. The SMILES string of the molecule is CCC1CC(CNC(C)(C)C)(c2cccc(C)c2)C1. The molecule has 0 aromatic heterocycles. The Morgan fingerprint density at radius 3 is 2.47 bits per heavy atom. The Hall–Kier alpha value is -0.820. The molecule has 1 heteroatoms. The van der Waals surface area contributed by atoms with Gasteiger partial charge in [-0.05, 0) is 52.0 Å². The van der Waals surface area contributed by atoms with Crippen molar-refractivity contribution in [3.8, 4) is 0 Å². The number of hydrogen-bond acceptors (Lipinski definition) is 1. The molecule has 1 fully saturated rings. The molecular formula is C18H29N. The normalized spacial score (nSPS) is 27.1. The molecule has 1 aromatic carbocycles. The zero-order valence-corrected chi connectivity index (χ0v) is 13.2. The van der Waals surface area contributed by atoms with Crippen LogP contribution in [0.2, 0.25) is 0 Å². The lowest BCUT2D eigenvalue weighted by atomic mass is 9.57. The summed E-state index contributed by atoms with van der Waals surface area (Å²) in [7, 11) is 0. The lowest BCUT2D eigenvalue weighted by Crippen LogP contribution is -2.52. The van der Waals surface area contributed by atoms with Gasteiger partial charge in [-0.15, -0.1) is 0 Å². The van der Waals surface area contributed by atoms with Crippen LogP contribution in [0.1, 0.15) is 58.1 Å². The highest BCUT2D eigenvalue weighted by Crippen LogP contribution is 2.49. The van der Waals surface area contributed by atoms with Gasteiger partial charge in [-0.3, -0.25) is 0 Å². The van der Waals surface area contributed by atoms with Crippen LogP contribution < -0.4 is 5.32 Å². The van der Waals surface area contributed by atoms with Gasteiger partial charge in [0.05, 0.1) is 0 Å². The molecule has 106 valence electrons. The van der Waals surface area contributed by atoms with Gasteiger partial charge in [-0.25, -0.2) is 0 Å². The summed E-state index contributed by atoms with van der Waals surface area (Å²) >= 11 is 0. The molecule has 0 saturated heterocycles. The first kappa shape index (κ1) is 14.6. The lowest BCUT2D eigenvalue weighted by molar-refractivity contribution is 0.124. The van der Waals surface area contributed by atoms with Gasteiger partial charge in [0, 0.05) is 17.5 Å². The van der Waals surface area contributed by atoms with Crippen molar-refractivity contribution in [2.45, 2.75) is 64.8 Å². The summed E-state index contributed by atoms with van der Waals surface area (Å²) in [5.41, 5.74) is 3.50. The first-order valence-electron chi connectivity index (χ1n) is 7.67. The first-order chi connectivity index (χ1) is 8.85. The summed E-state index contributed by atoms with van der Waals surface area (Å²) < 4.78 is 0. The molecule has 2 rings (SSSR count). The Morgan fingerprint density at radius 1 is 1.26 bits per heavy atom. The van der Waals surface area contributed by atoms with Gasteiger partial charge in [0.15, 0.2) is 0 Å². The summed E-state index contributed by atoms with van der Waals surface area (Å²) in [5.74, 6) is 0.919. The zero-order valence-electron chi connectivity index (χ0n) is 13.2. The van der Waals surface area contributed by atoms with Gasteiger partial charge in [0.1, 0.15) is 0 Å². The summed E-state index contributed by atoms with van der Waals surface area (Å²) in [4.78, 5) is 0. The first-order valence-corrected chi connectivity index (χ1v) is 7.67. The molecule has 1 saturated carbocycles. The van der Waals surface area contributed by atoms with Crippen molar-refractivity contribution in [2.24, 2.45) is 5.92 Å². The average molecular weight is 259 g/mol. The second-order valence-electron chi connectivity index (χ2n) is 7.44. The third-order valence-electron chi connectivity index (χ3n) is 4.52. The van der Waals surface area contributed by atoms with E-state index in [-0.39, 0.29) is 5.54 Å². The molecule has 19 heavy (non-hydrogen) atoms. The minimum atomic E-state index is 0.203. The van der Waals surface area contributed by atoms with Crippen molar-refractivity contribution in [1.82, 2.24) is 5.32 Å². The topological polar surface area (TPSA) is 12.0 Å². The Labute approximate surface area is 118 Å². The van der Waals surface area contributed by atoms with E-state index in [2.05, 4.69) is 64.2 Å². The van der Waals surface area contributed by atoms with Gasteiger partial charge in [-0.1, -0.05) is 43.2 Å². The second-order valence-corrected chi connectivity index (χ2v) is 7.44. The molecule has 0 unspecified atom stereocenters. The molecule has 0 aliphatic heterocycles. The van der Waals surface area contributed by atoms with Gasteiger partial charge < -0.3 is 5.32 Å². The highest BCUT2D eigenvalue weighted by Gasteiger charge is 2.44. The quantitative estimate of drug-likeness (QED) is 0.843. The van der Waals surface area contributed by atoms with Crippen molar-refractivity contribution < 1.29 is 0 Å². The van der Waals surface area contributed by atoms with Crippen LogP contribution >= 0.6 is 0 Å². The standard InChI is InChI=1S/C18H29N/c1-6-15-11-18(12-15,13-19-17(3,4)5)16-9-7-8-14(2)10-16/h7-10,15,19H,6,11-13H2,1-5H3. The van der Waals surface area contributed by atoms with Crippen molar-refractivity contribution >= 4 is 0 Å². The Bertz CT molecular complexity index is 422. The number of rotatable bonds is 4. The number of aryl methyl sites for hydroxylation is 1. The largest absolute Gasteiger partial charge is 0.311 e. The fourth-order valence-electron chi connectivity index (χ4n) is 3.23. The van der Waals surface area contributed by atoms with Crippen LogP contribution in [-0.2, 0) is 5.41 Å². The molecule has 0 bridgehead atoms. The molecule has 1 aliphatic rings. The third-order valence-corrected chi connectivity index (χ3v) is 4.52. The highest BCUT2D eigenvalue weighted by atomic mass is 15.0. The van der Waals surface area contributed by atoms with Crippen molar-refractivity contribution in [3.63, 3.8) is 0 Å². The molecular weight excluding hydrogens is 230 g/mol. The number of hydrogen-bond donors (Lipinski definition) is 1. The third kappa shape index (κ3) is 3.39. The predicted octanol–water partition coefficient (Wildman–Crippen LogP) is 4.44. The van der Waals surface area contributed by atoms with Crippen LogP contribution in [0.5, 0.6) is 0 Å². The smallest absolute Gasteiger partial charge is 0.00968 e. The van der Waals surface area contributed by atoms with E-state index < -0.39 is 0 Å². The second kappa shape index (κ2) is 5.28. The summed E-state index contributed by atoms with van der Waals surface area (Å²) in [6, 6.07) is 9.12. The average Bonchev–Trinajstić information content (AvgIpc) is 2.26. The highest BCUT2D eigenvalue weighted by molar-refractivity contribution is 5.33. The van der Waals surface area contributed by atoms with Crippen LogP contribution in [-0.4, -0.2) is 12.1 Å². The molecule has 1 N–H and O–H groups in total. The van der Waals surface area contributed by atoms with Crippen molar-refractivity contribution in [3.05, 3.63) is 35.4 Å².